The standard InChI is InChI=1S/C17H14N2O2/c1-12-9-14(7-8-18-12)6-5-13-3-2-4-15(10-13)16-11-21-17(20)19-16/h2-4,7-10,16H,11H2,1H3,(H,19,20)/t16-/m0/s1. The molecule has 4 heteroatoms. The molecule has 1 aromatic heterocycles. The Morgan fingerprint density at radius 1 is 1.24 bits per heavy atom. The summed E-state index contributed by atoms with van der Waals surface area (Å²) < 4.78 is 4.91. The first-order chi connectivity index (χ1) is 10.2. The molecule has 1 saturated heterocycles. The molecule has 1 aliphatic heterocycles. The van der Waals surface area contributed by atoms with Gasteiger partial charge in [0.1, 0.15) is 6.61 Å². The summed E-state index contributed by atoms with van der Waals surface area (Å²) in [7, 11) is 0. The van der Waals surface area contributed by atoms with E-state index in [4.69, 9.17) is 4.74 Å². The lowest BCUT2D eigenvalue weighted by atomic mass is 10.0. The predicted octanol–water partition coefficient (Wildman–Crippen LogP) is 2.57. The molecule has 0 saturated carbocycles. The highest BCUT2D eigenvalue weighted by Crippen LogP contribution is 2.18. The fourth-order valence-electron chi connectivity index (χ4n) is 2.16. The van der Waals surface area contributed by atoms with Gasteiger partial charge in [-0.2, -0.15) is 0 Å². The van der Waals surface area contributed by atoms with E-state index in [1.54, 1.807) is 6.20 Å². The topological polar surface area (TPSA) is 51.2 Å². The third-order valence-corrected chi connectivity index (χ3v) is 3.21. The van der Waals surface area contributed by atoms with Crippen LogP contribution in [-0.2, 0) is 4.74 Å². The fourth-order valence-corrected chi connectivity index (χ4v) is 2.16. The smallest absolute Gasteiger partial charge is 0.407 e. The lowest BCUT2D eigenvalue weighted by molar-refractivity contribution is 0.177. The molecule has 1 atom stereocenters. The Bertz CT molecular complexity index is 744. The molecule has 2 aromatic rings. The number of aryl methyl sites for hydroxylation is 1. The number of amides is 1. The first-order valence-electron chi connectivity index (χ1n) is 6.69. The quantitative estimate of drug-likeness (QED) is 0.816. The Hall–Kier alpha value is -2.80. The van der Waals surface area contributed by atoms with Crippen LogP contribution in [0.15, 0.2) is 42.6 Å². The van der Waals surface area contributed by atoms with Crippen molar-refractivity contribution in [3.05, 3.63) is 65.0 Å². The lowest BCUT2D eigenvalue weighted by Crippen LogP contribution is -2.18. The minimum atomic E-state index is -0.372. The third kappa shape index (κ3) is 3.21. The molecule has 0 spiro atoms. The number of aromatic nitrogens is 1. The Morgan fingerprint density at radius 3 is 2.76 bits per heavy atom. The predicted molar refractivity (Wildman–Crippen MR) is 78.6 cm³/mol. The summed E-state index contributed by atoms with van der Waals surface area (Å²) in [5.41, 5.74) is 3.79. The van der Waals surface area contributed by atoms with Crippen molar-refractivity contribution in [1.82, 2.24) is 10.3 Å². The van der Waals surface area contributed by atoms with Crippen molar-refractivity contribution in [2.75, 3.05) is 6.61 Å². The number of carbonyl (C=O) groups excluding carboxylic acids is 1. The summed E-state index contributed by atoms with van der Waals surface area (Å²) in [6.45, 7) is 2.30. The number of ether oxygens (including phenoxy) is 1. The zero-order valence-electron chi connectivity index (χ0n) is 11.6. The summed E-state index contributed by atoms with van der Waals surface area (Å²) in [6, 6.07) is 11.5. The maximum atomic E-state index is 11.1. The third-order valence-electron chi connectivity index (χ3n) is 3.21. The number of cyclic esters (lactones) is 1. The fraction of sp³-hybridized carbons (Fsp3) is 0.176. The van der Waals surface area contributed by atoms with Gasteiger partial charge in [-0.25, -0.2) is 4.79 Å². The maximum Gasteiger partial charge on any atom is 0.407 e. The highest BCUT2D eigenvalue weighted by Gasteiger charge is 2.23. The van der Waals surface area contributed by atoms with Crippen LogP contribution < -0.4 is 5.32 Å². The number of carbonyl (C=O) groups is 1. The normalized spacial score (nSPS) is 16.6. The summed E-state index contributed by atoms with van der Waals surface area (Å²) in [4.78, 5) is 15.2. The van der Waals surface area contributed by atoms with Crippen LogP contribution in [0.5, 0.6) is 0 Å². The number of benzene rings is 1. The van der Waals surface area contributed by atoms with Gasteiger partial charge >= 0.3 is 6.09 Å². The van der Waals surface area contributed by atoms with E-state index in [-0.39, 0.29) is 12.1 Å². The van der Waals surface area contributed by atoms with Gasteiger partial charge in [0.2, 0.25) is 0 Å². The summed E-state index contributed by atoms with van der Waals surface area (Å²) in [5.74, 6) is 6.25. The van der Waals surface area contributed by atoms with E-state index in [1.165, 1.54) is 0 Å². The van der Waals surface area contributed by atoms with Crippen molar-refractivity contribution in [3.8, 4) is 11.8 Å². The largest absolute Gasteiger partial charge is 0.447 e. The summed E-state index contributed by atoms with van der Waals surface area (Å²) in [6.07, 6.45) is 1.38. The van der Waals surface area contributed by atoms with Crippen molar-refractivity contribution in [2.24, 2.45) is 0 Å². The molecule has 4 nitrogen and oxygen atoms in total. The average Bonchev–Trinajstić information content (AvgIpc) is 2.92. The Balaban J connectivity index is 1.82. The van der Waals surface area contributed by atoms with Gasteiger partial charge < -0.3 is 10.1 Å². The Morgan fingerprint density at radius 2 is 2.05 bits per heavy atom. The second-order valence-electron chi connectivity index (χ2n) is 4.86. The van der Waals surface area contributed by atoms with Crippen LogP contribution in [0, 0.1) is 18.8 Å². The first-order valence-corrected chi connectivity index (χ1v) is 6.69. The minimum Gasteiger partial charge on any atom is -0.447 e. The van der Waals surface area contributed by atoms with Crippen LogP contribution >= 0.6 is 0 Å². The maximum absolute atomic E-state index is 11.1. The van der Waals surface area contributed by atoms with Crippen LogP contribution in [0.4, 0.5) is 4.79 Å². The zero-order chi connectivity index (χ0) is 14.7. The molecular formula is C17H14N2O2. The lowest BCUT2D eigenvalue weighted by Gasteiger charge is -2.07. The molecule has 1 N–H and O–H groups in total. The minimum absolute atomic E-state index is 0.0950. The number of pyridine rings is 1. The number of alkyl carbamates (subject to hydrolysis) is 1. The molecule has 1 amide bonds. The molecule has 3 rings (SSSR count). The highest BCUT2D eigenvalue weighted by atomic mass is 16.6. The molecule has 1 fully saturated rings. The van der Waals surface area contributed by atoms with Gasteiger partial charge in [0, 0.05) is 23.0 Å². The molecular weight excluding hydrogens is 264 g/mol. The van der Waals surface area contributed by atoms with E-state index in [0.29, 0.717) is 6.61 Å². The molecule has 1 aliphatic rings. The van der Waals surface area contributed by atoms with Gasteiger partial charge in [0.05, 0.1) is 6.04 Å². The van der Waals surface area contributed by atoms with E-state index >= 15 is 0 Å². The second-order valence-corrected chi connectivity index (χ2v) is 4.86. The van der Waals surface area contributed by atoms with Crippen molar-refractivity contribution in [1.29, 1.82) is 0 Å². The first kappa shape index (κ1) is 13.2. The molecule has 21 heavy (non-hydrogen) atoms. The van der Waals surface area contributed by atoms with Crippen LogP contribution in [-0.4, -0.2) is 17.7 Å². The second kappa shape index (κ2) is 5.68. The molecule has 104 valence electrons. The summed E-state index contributed by atoms with van der Waals surface area (Å²) in [5, 5.41) is 2.76. The van der Waals surface area contributed by atoms with E-state index in [9.17, 15) is 4.79 Å². The van der Waals surface area contributed by atoms with Gasteiger partial charge in [-0.1, -0.05) is 24.0 Å². The van der Waals surface area contributed by atoms with Crippen LogP contribution in [0.25, 0.3) is 0 Å². The SMILES string of the molecule is Cc1cc(C#Cc2cccc([C@@H]3COC(=O)N3)c2)ccn1. The molecule has 0 unspecified atom stereocenters. The number of rotatable bonds is 1. The van der Waals surface area contributed by atoms with Crippen molar-refractivity contribution >= 4 is 6.09 Å². The van der Waals surface area contributed by atoms with Crippen molar-refractivity contribution < 1.29 is 9.53 Å². The van der Waals surface area contributed by atoms with Crippen LogP contribution in [0.1, 0.15) is 28.4 Å². The number of nitrogens with zero attached hydrogens (tertiary/aromatic N) is 1. The van der Waals surface area contributed by atoms with Gasteiger partial charge in [-0.05, 0) is 36.8 Å². The van der Waals surface area contributed by atoms with Crippen molar-refractivity contribution in [2.45, 2.75) is 13.0 Å². The molecule has 0 bridgehead atoms. The Kier molecular flexibility index (Phi) is 3.57. The van der Waals surface area contributed by atoms with E-state index < -0.39 is 0 Å². The molecule has 0 radical (unpaired) electrons. The zero-order valence-corrected chi connectivity index (χ0v) is 11.6. The average molecular weight is 278 g/mol. The summed E-state index contributed by atoms with van der Waals surface area (Å²) >= 11 is 0. The van der Waals surface area contributed by atoms with Gasteiger partial charge in [0.15, 0.2) is 0 Å². The Labute approximate surface area is 123 Å². The number of hydrogen-bond acceptors (Lipinski definition) is 3. The van der Waals surface area contributed by atoms with Crippen LogP contribution in [0.2, 0.25) is 0 Å². The van der Waals surface area contributed by atoms with E-state index in [1.807, 2.05) is 43.3 Å². The van der Waals surface area contributed by atoms with E-state index in [0.717, 1.165) is 22.4 Å². The molecule has 1 aromatic carbocycles. The van der Waals surface area contributed by atoms with Gasteiger partial charge in [0.25, 0.3) is 0 Å². The molecule has 2 heterocycles. The number of hydrogen-bond donors (Lipinski definition) is 1. The highest BCUT2D eigenvalue weighted by molar-refractivity contribution is 5.70. The number of nitrogens with one attached hydrogen (secondary N) is 1. The van der Waals surface area contributed by atoms with E-state index in [2.05, 4.69) is 22.1 Å². The monoisotopic (exact) mass is 278 g/mol. The van der Waals surface area contributed by atoms with Gasteiger partial charge in [-0.15, -0.1) is 0 Å². The van der Waals surface area contributed by atoms with Crippen molar-refractivity contribution in [3.63, 3.8) is 0 Å². The molecule has 0 aliphatic carbocycles. The van der Waals surface area contributed by atoms with Crippen LogP contribution in [0.3, 0.4) is 0 Å². The van der Waals surface area contributed by atoms with Gasteiger partial charge in [-0.3, -0.25) is 4.98 Å².